The molecule has 1 fully saturated rings. The van der Waals surface area contributed by atoms with Gasteiger partial charge in [0.2, 0.25) is 10.0 Å². The molecule has 1 atom stereocenters. The number of nitrogens with zero attached hydrogens (tertiary/aromatic N) is 2. The maximum atomic E-state index is 12.6. The number of aliphatic hydroxyl groups is 1. The summed E-state index contributed by atoms with van der Waals surface area (Å²) in [6, 6.07) is 3.68. The summed E-state index contributed by atoms with van der Waals surface area (Å²) in [4.78, 5) is 10.2. The summed E-state index contributed by atoms with van der Waals surface area (Å²) in [5.74, 6) is 0. The van der Waals surface area contributed by atoms with Gasteiger partial charge in [0.15, 0.2) is 0 Å². The quantitative estimate of drug-likeness (QED) is 0.672. The summed E-state index contributed by atoms with van der Waals surface area (Å²) in [5.41, 5.74) is -0.855. The van der Waals surface area contributed by atoms with Crippen LogP contribution >= 0.6 is 0 Å². The predicted molar refractivity (Wildman–Crippen MR) is 76.5 cm³/mol. The third kappa shape index (κ3) is 3.22. The molecule has 116 valence electrons. The van der Waals surface area contributed by atoms with E-state index in [1.165, 1.54) is 29.4 Å². The second-order valence-corrected chi connectivity index (χ2v) is 7.55. The van der Waals surface area contributed by atoms with Gasteiger partial charge in [-0.15, -0.1) is 0 Å². The largest absolute Gasteiger partial charge is 0.389 e. The van der Waals surface area contributed by atoms with E-state index in [2.05, 4.69) is 0 Å². The van der Waals surface area contributed by atoms with E-state index in [0.29, 0.717) is 24.9 Å². The number of hydrogen-bond acceptors (Lipinski definition) is 5. The number of nitro benzene ring substituents is 1. The smallest absolute Gasteiger partial charge is 0.269 e. The predicted octanol–water partition coefficient (Wildman–Crippen LogP) is 1.44. The Balaban J connectivity index is 2.38. The molecular weight excluding hydrogens is 296 g/mol. The molecule has 0 saturated carbocycles. The van der Waals surface area contributed by atoms with E-state index in [-0.39, 0.29) is 17.1 Å². The van der Waals surface area contributed by atoms with Gasteiger partial charge in [0.1, 0.15) is 0 Å². The number of sulfonamides is 1. The lowest BCUT2D eigenvalue weighted by molar-refractivity contribution is -0.385. The molecule has 2 rings (SSSR count). The number of aryl methyl sites for hydroxylation is 1. The number of hydrogen-bond donors (Lipinski definition) is 1. The van der Waals surface area contributed by atoms with E-state index in [4.69, 9.17) is 0 Å². The van der Waals surface area contributed by atoms with Crippen LogP contribution in [0.1, 0.15) is 25.3 Å². The molecule has 0 spiro atoms. The second-order valence-electron chi connectivity index (χ2n) is 5.65. The van der Waals surface area contributed by atoms with Crippen LogP contribution in [0, 0.1) is 17.0 Å². The molecule has 1 heterocycles. The van der Waals surface area contributed by atoms with E-state index in [0.717, 1.165) is 0 Å². The van der Waals surface area contributed by atoms with Gasteiger partial charge in [-0.1, -0.05) is 0 Å². The van der Waals surface area contributed by atoms with Gasteiger partial charge < -0.3 is 5.11 Å². The molecule has 0 aromatic heterocycles. The second kappa shape index (κ2) is 5.36. The molecule has 0 amide bonds. The average molecular weight is 314 g/mol. The van der Waals surface area contributed by atoms with Crippen LogP contribution in [0.2, 0.25) is 0 Å². The number of piperidine rings is 1. The molecule has 8 heteroatoms. The third-order valence-electron chi connectivity index (χ3n) is 3.63. The number of rotatable bonds is 3. The van der Waals surface area contributed by atoms with Crippen LogP contribution in [-0.2, 0) is 10.0 Å². The van der Waals surface area contributed by atoms with Crippen molar-refractivity contribution >= 4 is 15.7 Å². The zero-order chi connectivity index (χ0) is 15.8. The molecule has 1 aromatic rings. The Bertz CT molecular complexity index is 669. The van der Waals surface area contributed by atoms with Crippen molar-refractivity contribution in [2.75, 3.05) is 13.1 Å². The molecular formula is C13H18N2O5S. The number of nitro groups is 1. The van der Waals surface area contributed by atoms with Crippen LogP contribution in [0.4, 0.5) is 5.69 Å². The van der Waals surface area contributed by atoms with E-state index < -0.39 is 20.5 Å². The van der Waals surface area contributed by atoms with Crippen molar-refractivity contribution in [3.63, 3.8) is 0 Å². The molecule has 1 aliphatic rings. The zero-order valence-electron chi connectivity index (χ0n) is 11.9. The number of benzene rings is 1. The highest BCUT2D eigenvalue weighted by molar-refractivity contribution is 7.89. The van der Waals surface area contributed by atoms with Crippen molar-refractivity contribution in [1.82, 2.24) is 4.31 Å². The maximum absolute atomic E-state index is 12.6. The van der Waals surface area contributed by atoms with E-state index in [1.807, 2.05) is 0 Å². The summed E-state index contributed by atoms with van der Waals surface area (Å²) in [5, 5.41) is 20.8. The highest BCUT2D eigenvalue weighted by Gasteiger charge is 2.36. The fourth-order valence-corrected chi connectivity index (χ4v) is 4.36. The van der Waals surface area contributed by atoms with Crippen LogP contribution in [0.5, 0.6) is 0 Å². The van der Waals surface area contributed by atoms with E-state index in [1.54, 1.807) is 6.92 Å². The number of β-amino-alcohol motifs (C(OH)–C–C–N with tert-alkyl or cyclic N) is 1. The van der Waals surface area contributed by atoms with Gasteiger partial charge in [0.25, 0.3) is 5.69 Å². The first-order chi connectivity index (χ1) is 9.63. The van der Waals surface area contributed by atoms with Crippen molar-refractivity contribution in [2.45, 2.75) is 37.2 Å². The Hall–Kier alpha value is -1.51. The SMILES string of the molecule is Cc1cc([N+](=O)[O-])ccc1S(=O)(=O)N1CCCC(C)(O)C1. The van der Waals surface area contributed by atoms with Gasteiger partial charge >= 0.3 is 0 Å². The summed E-state index contributed by atoms with van der Waals surface area (Å²) in [7, 11) is -3.76. The van der Waals surface area contributed by atoms with Crippen LogP contribution < -0.4 is 0 Å². The average Bonchev–Trinajstić information content (AvgIpc) is 2.36. The lowest BCUT2D eigenvalue weighted by Crippen LogP contribution is -2.48. The Morgan fingerprint density at radius 1 is 1.43 bits per heavy atom. The fourth-order valence-electron chi connectivity index (χ4n) is 2.56. The Morgan fingerprint density at radius 2 is 2.10 bits per heavy atom. The van der Waals surface area contributed by atoms with Crippen molar-refractivity contribution in [3.05, 3.63) is 33.9 Å². The molecule has 0 radical (unpaired) electrons. The maximum Gasteiger partial charge on any atom is 0.269 e. The van der Waals surface area contributed by atoms with Gasteiger partial charge in [-0.25, -0.2) is 8.42 Å². The highest BCUT2D eigenvalue weighted by Crippen LogP contribution is 2.29. The summed E-state index contributed by atoms with van der Waals surface area (Å²) < 4.78 is 26.5. The molecule has 1 aromatic carbocycles. The fraction of sp³-hybridized carbons (Fsp3) is 0.538. The minimum Gasteiger partial charge on any atom is -0.389 e. The normalized spacial score (nSPS) is 24.0. The third-order valence-corrected chi connectivity index (χ3v) is 5.63. The van der Waals surface area contributed by atoms with Crippen LogP contribution in [0.3, 0.4) is 0 Å². The minimum absolute atomic E-state index is 0.0335. The van der Waals surface area contributed by atoms with Gasteiger partial charge in [0.05, 0.1) is 15.4 Å². The molecule has 21 heavy (non-hydrogen) atoms. The lowest BCUT2D eigenvalue weighted by Gasteiger charge is -2.36. The summed E-state index contributed by atoms with van der Waals surface area (Å²) >= 11 is 0. The minimum atomic E-state index is -3.76. The van der Waals surface area contributed by atoms with Crippen LogP contribution in [0.25, 0.3) is 0 Å². The van der Waals surface area contributed by atoms with E-state index >= 15 is 0 Å². The van der Waals surface area contributed by atoms with Crippen molar-refractivity contribution in [2.24, 2.45) is 0 Å². The first-order valence-electron chi connectivity index (χ1n) is 6.61. The van der Waals surface area contributed by atoms with Crippen molar-refractivity contribution < 1.29 is 18.4 Å². The summed E-state index contributed by atoms with van der Waals surface area (Å²) in [6.07, 6.45) is 1.14. The van der Waals surface area contributed by atoms with Gasteiger partial charge in [-0.05, 0) is 38.3 Å². The summed E-state index contributed by atoms with van der Waals surface area (Å²) in [6.45, 7) is 3.51. The van der Waals surface area contributed by atoms with Gasteiger partial charge in [-0.3, -0.25) is 10.1 Å². The standard InChI is InChI=1S/C13H18N2O5S/c1-10-8-11(15(17)18)4-5-12(10)21(19,20)14-7-3-6-13(2,16)9-14/h4-5,8,16H,3,6-7,9H2,1-2H3. The topological polar surface area (TPSA) is 101 Å². The molecule has 1 N–H and O–H groups in total. The molecule has 0 bridgehead atoms. The zero-order valence-corrected chi connectivity index (χ0v) is 12.8. The Labute approximate surface area is 123 Å². The highest BCUT2D eigenvalue weighted by atomic mass is 32.2. The first-order valence-corrected chi connectivity index (χ1v) is 8.05. The Kier molecular flexibility index (Phi) is 4.05. The molecule has 7 nitrogen and oxygen atoms in total. The first kappa shape index (κ1) is 15.9. The molecule has 1 saturated heterocycles. The van der Waals surface area contributed by atoms with Crippen LogP contribution in [-0.4, -0.2) is 41.4 Å². The van der Waals surface area contributed by atoms with Gasteiger partial charge in [0, 0.05) is 25.2 Å². The van der Waals surface area contributed by atoms with Gasteiger partial charge in [-0.2, -0.15) is 4.31 Å². The monoisotopic (exact) mass is 314 g/mol. The van der Waals surface area contributed by atoms with Crippen molar-refractivity contribution in [1.29, 1.82) is 0 Å². The molecule has 0 aliphatic carbocycles. The van der Waals surface area contributed by atoms with Crippen molar-refractivity contribution in [3.8, 4) is 0 Å². The molecule has 1 unspecified atom stereocenters. The number of non-ortho nitro benzene ring substituents is 1. The molecule has 1 aliphatic heterocycles. The van der Waals surface area contributed by atoms with Crippen LogP contribution in [0.15, 0.2) is 23.1 Å². The van der Waals surface area contributed by atoms with E-state index in [9.17, 15) is 23.6 Å². The Morgan fingerprint density at radius 3 is 2.62 bits per heavy atom. The lowest BCUT2D eigenvalue weighted by atomic mass is 9.97.